The fourth-order valence-corrected chi connectivity index (χ4v) is 5.72. The maximum atomic E-state index is 13.0. The lowest BCUT2D eigenvalue weighted by Gasteiger charge is -2.21. The highest BCUT2D eigenvalue weighted by Gasteiger charge is 2.35. The second kappa shape index (κ2) is 9.79. The summed E-state index contributed by atoms with van der Waals surface area (Å²) in [4.78, 5) is 30.9. The van der Waals surface area contributed by atoms with Gasteiger partial charge in [0, 0.05) is 50.7 Å². The van der Waals surface area contributed by atoms with Crippen molar-refractivity contribution in [1.29, 1.82) is 0 Å². The van der Waals surface area contributed by atoms with Crippen molar-refractivity contribution in [2.75, 3.05) is 24.5 Å². The molecule has 2 fully saturated rings. The number of aromatic nitrogens is 1. The topological polar surface area (TPSA) is 99.7 Å². The van der Waals surface area contributed by atoms with E-state index in [9.17, 15) is 18.0 Å². The van der Waals surface area contributed by atoms with Gasteiger partial charge in [-0.2, -0.15) is 4.31 Å². The Labute approximate surface area is 188 Å². The summed E-state index contributed by atoms with van der Waals surface area (Å²) in [5.74, 6) is -0.764. The van der Waals surface area contributed by atoms with Crippen LogP contribution in [0.25, 0.3) is 0 Å². The van der Waals surface area contributed by atoms with Gasteiger partial charge in [0.25, 0.3) is 0 Å². The molecule has 170 valence electrons. The molecular formula is C23H28N4O4S. The van der Waals surface area contributed by atoms with Gasteiger partial charge in [0.2, 0.25) is 21.8 Å². The van der Waals surface area contributed by atoms with E-state index in [0.29, 0.717) is 25.3 Å². The van der Waals surface area contributed by atoms with E-state index in [1.54, 1.807) is 51.9 Å². The Morgan fingerprint density at radius 1 is 1.06 bits per heavy atom. The summed E-state index contributed by atoms with van der Waals surface area (Å²) in [6.07, 6.45) is 7.36. The summed E-state index contributed by atoms with van der Waals surface area (Å²) in [6.45, 7) is 1.73. The molecule has 9 heteroatoms. The van der Waals surface area contributed by atoms with Crippen LogP contribution in [0.3, 0.4) is 0 Å². The average Bonchev–Trinajstić information content (AvgIpc) is 3.00. The van der Waals surface area contributed by atoms with Crippen molar-refractivity contribution in [2.45, 2.75) is 43.5 Å². The number of nitrogens with one attached hydrogen (secondary N) is 1. The molecule has 2 aliphatic rings. The number of hydrogen-bond acceptors (Lipinski definition) is 5. The zero-order valence-corrected chi connectivity index (χ0v) is 18.8. The van der Waals surface area contributed by atoms with Crippen molar-refractivity contribution in [1.82, 2.24) is 14.6 Å². The van der Waals surface area contributed by atoms with E-state index < -0.39 is 15.9 Å². The minimum Gasteiger partial charge on any atom is -0.352 e. The maximum Gasteiger partial charge on any atom is 0.243 e. The first-order chi connectivity index (χ1) is 15.4. The molecule has 2 saturated heterocycles. The summed E-state index contributed by atoms with van der Waals surface area (Å²) in [7, 11) is -3.54. The third-order valence-corrected chi connectivity index (χ3v) is 7.95. The van der Waals surface area contributed by atoms with Crippen LogP contribution in [0.4, 0.5) is 5.69 Å². The standard InChI is InChI=1S/C23H28N4O4S/c28-22-14-19(23(29)25-16-18-6-5-11-24-15-18)17-27(22)20-7-9-21(10-8-20)32(30,31)26-12-3-1-2-4-13-26/h5-11,15,19H,1-4,12-14,16-17H2,(H,25,29)/t19-/m1/s1. The molecule has 1 atom stereocenters. The third-order valence-electron chi connectivity index (χ3n) is 6.04. The number of anilines is 1. The summed E-state index contributed by atoms with van der Waals surface area (Å²) >= 11 is 0. The van der Waals surface area contributed by atoms with Gasteiger partial charge in [-0.1, -0.05) is 18.9 Å². The van der Waals surface area contributed by atoms with Gasteiger partial charge in [-0.25, -0.2) is 8.42 Å². The molecule has 3 heterocycles. The molecule has 0 unspecified atom stereocenters. The number of nitrogens with zero attached hydrogens (tertiary/aromatic N) is 3. The zero-order chi connectivity index (χ0) is 22.6. The Morgan fingerprint density at radius 3 is 2.44 bits per heavy atom. The maximum absolute atomic E-state index is 13.0. The molecule has 32 heavy (non-hydrogen) atoms. The molecule has 1 aromatic carbocycles. The number of hydrogen-bond donors (Lipinski definition) is 1. The van der Waals surface area contributed by atoms with Crippen molar-refractivity contribution in [3.8, 4) is 0 Å². The molecule has 0 spiro atoms. The second-order valence-corrected chi connectivity index (χ2v) is 10.2. The number of carbonyl (C=O) groups is 2. The lowest BCUT2D eigenvalue weighted by molar-refractivity contribution is -0.126. The number of amides is 2. The molecule has 8 nitrogen and oxygen atoms in total. The Hall–Kier alpha value is -2.78. The molecule has 2 aromatic rings. The van der Waals surface area contributed by atoms with Crippen LogP contribution in [0.15, 0.2) is 53.7 Å². The Morgan fingerprint density at radius 2 is 1.78 bits per heavy atom. The van der Waals surface area contributed by atoms with Gasteiger partial charge in [-0.05, 0) is 48.7 Å². The molecule has 0 bridgehead atoms. The van der Waals surface area contributed by atoms with Crippen molar-refractivity contribution in [3.63, 3.8) is 0 Å². The van der Waals surface area contributed by atoms with Crippen LogP contribution < -0.4 is 10.2 Å². The van der Waals surface area contributed by atoms with E-state index >= 15 is 0 Å². The lowest BCUT2D eigenvalue weighted by atomic mass is 10.1. The van der Waals surface area contributed by atoms with Crippen molar-refractivity contribution >= 4 is 27.5 Å². The van der Waals surface area contributed by atoms with Crippen LogP contribution in [0, 0.1) is 5.92 Å². The van der Waals surface area contributed by atoms with E-state index in [0.717, 1.165) is 31.2 Å². The highest BCUT2D eigenvalue weighted by atomic mass is 32.2. The fraction of sp³-hybridized carbons (Fsp3) is 0.435. The van der Waals surface area contributed by atoms with Crippen molar-refractivity contribution in [3.05, 3.63) is 54.4 Å². The Bertz CT molecular complexity index is 1050. The van der Waals surface area contributed by atoms with Crippen LogP contribution in [-0.4, -0.2) is 49.2 Å². The lowest BCUT2D eigenvalue weighted by Crippen LogP contribution is -2.33. The fourth-order valence-electron chi connectivity index (χ4n) is 4.20. The first kappa shape index (κ1) is 22.4. The number of pyridine rings is 1. The minimum absolute atomic E-state index is 0.132. The number of rotatable bonds is 6. The average molecular weight is 457 g/mol. The molecule has 0 radical (unpaired) electrons. The van der Waals surface area contributed by atoms with E-state index in [1.165, 1.54) is 0 Å². The van der Waals surface area contributed by atoms with E-state index in [-0.39, 0.29) is 29.7 Å². The first-order valence-corrected chi connectivity index (χ1v) is 12.5. The predicted octanol–water partition coefficient (Wildman–Crippen LogP) is 2.32. The quantitative estimate of drug-likeness (QED) is 0.719. The van der Waals surface area contributed by atoms with Gasteiger partial charge in [0.05, 0.1) is 10.8 Å². The van der Waals surface area contributed by atoms with Crippen LogP contribution in [0.2, 0.25) is 0 Å². The van der Waals surface area contributed by atoms with E-state index in [2.05, 4.69) is 10.3 Å². The second-order valence-electron chi connectivity index (χ2n) is 8.30. The van der Waals surface area contributed by atoms with Crippen molar-refractivity contribution in [2.24, 2.45) is 5.92 Å². The zero-order valence-electron chi connectivity index (χ0n) is 17.9. The summed E-state index contributed by atoms with van der Waals surface area (Å²) in [6, 6.07) is 10.1. The predicted molar refractivity (Wildman–Crippen MR) is 120 cm³/mol. The SMILES string of the molecule is O=C(NCc1cccnc1)[C@@H]1CC(=O)N(c2ccc(S(=O)(=O)N3CCCCCC3)cc2)C1. The molecule has 1 N–H and O–H groups in total. The van der Waals surface area contributed by atoms with Crippen LogP contribution >= 0.6 is 0 Å². The van der Waals surface area contributed by atoms with Gasteiger partial charge < -0.3 is 10.2 Å². The molecule has 2 amide bonds. The number of benzene rings is 1. The van der Waals surface area contributed by atoms with Gasteiger partial charge >= 0.3 is 0 Å². The number of carbonyl (C=O) groups excluding carboxylic acids is 2. The molecule has 0 saturated carbocycles. The van der Waals surface area contributed by atoms with Crippen LogP contribution in [0.1, 0.15) is 37.7 Å². The highest BCUT2D eigenvalue weighted by Crippen LogP contribution is 2.28. The Kier molecular flexibility index (Phi) is 6.86. The molecule has 4 rings (SSSR count). The van der Waals surface area contributed by atoms with Gasteiger partial charge in [0.15, 0.2) is 0 Å². The smallest absolute Gasteiger partial charge is 0.243 e. The normalized spacial score (nSPS) is 20.2. The summed E-state index contributed by atoms with van der Waals surface area (Å²) in [5.41, 5.74) is 1.50. The third kappa shape index (κ3) is 4.99. The monoisotopic (exact) mass is 456 g/mol. The highest BCUT2D eigenvalue weighted by molar-refractivity contribution is 7.89. The van der Waals surface area contributed by atoms with Crippen LogP contribution in [-0.2, 0) is 26.2 Å². The first-order valence-electron chi connectivity index (χ1n) is 11.0. The van der Waals surface area contributed by atoms with Crippen molar-refractivity contribution < 1.29 is 18.0 Å². The summed E-state index contributed by atoms with van der Waals surface area (Å²) in [5, 5.41) is 2.86. The molecule has 2 aliphatic heterocycles. The van der Waals surface area contributed by atoms with E-state index in [1.807, 2.05) is 6.07 Å². The molecule has 1 aromatic heterocycles. The van der Waals surface area contributed by atoms with Crippen LogP contribution in [0.5, 0.6) is 0 Å². The Balaban J connectivity index is 1.39. The van der Waals surface area contributed by atoms with E-state index in [4.69, 9.17) is 0 Å². The summed E-state index contributed by atoms with van der Waals surface area (Å²) < 4.78 is 27.5. The number of sulfonamides is 1. The molecule has 0 aliphatic carbocycles. The largest absolute Gasteiger partial charge is 0.352 e. The molecular weight excluding hydrogens is 428 g/mol. The minimum atomic E-state index is -3.54. The van der Waals surface area contributed by atoms with Gasteiger partial charge in [0.1, 0.15) is 0 Å². The van der Waals surface area contributed by atoms with Gasteiger partial charge in [-0.3, -0.25) is 14.6 Å². The van der Waals surface area contributed by atoms with Gasteiger partial charge in [-0.15, -0.1) is 0 Å².